The van der Waals surface area contributed by atoms with Crippen LogP contribution >= 0.6 is 0 Å². The number of nitrogens with zero attached hydrogens (tertiary/aromatic N) is 1. The van der Waals surface area contributed by atoms with Gasteiger partial charge in [0.05, 0.1) is 20.3 Å². The molecule has 4 aromatic carbocycles. The molecule has 0 spiro atoms. The quantitative estimate of drug-likeness (QED) is 0.0871. The van der Waals surface area contributed by atoms with Gasteiger partial charge in [-0.2, -0.15) is 0 Å². The zero-order chi connectivity index (χ0) is 41.0. The number of aryl methyl sites for hydroxylation is 2. The number of hydrogen-bond donors (Lipinski definition) is 1. The number of carbonyl (C=O) groups excluding carboxylic acids is 3. The Kier molecular flexibility index (Phi) is 14.9. The van der Waals surface area contributed by atoms with E-state index in [1.807, 2.05) is 57.2 Å². The molecule has 0 aromatic heterocycles. The van der Waals surface area contributed by atoms with Crippen molar-refractivity contribution in [1.82, 2.24) is 10.2 Å². The third-order valence-corrected chi connectivity index (χ3v) is 9.96. The van der Waals surface area contributed by atoms with Crippen LogP contribution in [0.15, 0.2) is 97.1 Å². The number of fused-ring (bicyclic) bond motifs is 2. The Bertz CT molecular complexity index is 2050. The van der Waals surface area contributed by atoms with Crippen LogP contribution in [0.25, 0.3) is 12.2 Å². The van der Waals surface area contributed by atoms with E-state index in [0.29, 0.717) is 19.0 Å². The lowest BCUT2D eigenvalue weighted by atomic mass is 10.0. The molecule has 8 nitrogen and oxygen atoms in total. The summed E-state index contributed by atoms with van der Waals surface area (Å²) in [6, 6.07) is 25.6. The second-order valence-corrected chi connectivity index (χ2v) is 15.2. The number of halogens is 2. The molecular formula is C47H52F2N2O6. The van der Waals surface area contributed by atoms with Crippen molar-refractivity contribution in [2.45, 2.75) is 77.0 Å². The Morgan fingerprint density at radius 1 is 0.719 bits per heavy atom. The van der Waals surface area contributed by atoms with Gasteiger partial charge < -0.3 is 24.4 Å². The van der Waals surface area contributed by atoms with Crippen LogP contribution in [0.3, 0.4) is 0 Å². The van der Waals surface area contributed by atoms with Crippen molar-refractivity contribution in [3.05, 3.63) is 153 Å². The zero-order valence-corrected chi connectivity index (χ0v) is 33.4. The minimum absolute atomic E-state index is 0.0982. The SMILES string of the molecule is COC(=O)/C=C/c1ccc2c(c1)CCC2N(CCc1ccc(F)cc1)C(=O)OC(C)(C)C.COC(=O)/C=C/c1ccc2c(c1)CCC2NCCc1ccc(F)cc1. The van der Waals surface area contributed by atoms with Crippen molar-refractivity contribution < 1.29 is 37.4 Å². The second kappa shape index (κ2) is 20.0. The van der Waals surface area contributed by atoms with Crippen LogP contribution in [0.2, 0.25) is 0 Å². The summed E-state index contributed by atoms with van der Waals surface area (Å²) < 4.78 is 41.1. The van der Waals surface area contributed by atoms with Gasteiger partial charge in [-0.3, -0.25) is 0 Å². The third kappa shape index (κ3) is 12.7. The highest BCUT2D eigenvalue weighted by Crippen LogP contribution is 2.37. The maximum Gasteiger partial charge on any atom is 0.410 e. The Morgan fingerprint density at radius 3 is 1.77 bits per heavy atom. The minimum atomic E-state index is -0.602. The fraction of sp³-hybridized carbons (Fsp3) is 0.340. The Labute approximate surface area is 334 Å². The van der Waals surface area contributed by atoms with Crippen molar-refractivity contribution in [3.8, 4) is 0 Å². The molecule has 10 heteroatoms. The summed E-state index contributed by atoms with van der Waals surface area (Å²) in [7, 11) is 2.72. The topological polar surface area (TPSA) is 94.2 Å². The molecular weight excluding hydrogens is 727 g/mol. The fourth-order valence-electron chi connectivity index (χ4n) is 7.10. The number of nitrogens with one attached hydrogen (secondary N) is 1. The summed E-state index contributed by atoms with van der Waals surface area (Å²) in [5, 5.41) is 3.59. The van der Waals surface area contributed by atoms with Crippen molar-refractivity contribution >= 4 is 30.2 Å². The molecule has 0 heterocycles. The molecule has 2 atom stereocenters. The van der Waals surface area contributed by atoms with Gasteiger partial charge in [-0.05, 0) is 147 Å². The molecule has 0 bridgehead atoms. The van der Waals surface area contributed by atoms with E-state index in [-0.39, 0.29) is 29.7 Å². The average molecular weight is 779 g/mol. The van der Waals surface area contributed by atoms with Gasteiger partial charge >= 0.3 is 18.0 Å². The largest absolute Gasteiger partial charge is 0.466 e. The summed E-state index contributed by atoms with van der Waals surface area (Å²) in [4.78, 5) is 37.4. The van der Waals surface area contributed by atoms with Gasteiger partial charge in [-0.25, -0.2) is 23.2 Å². The number of amides is 1. The van der Waals surface area contributed by atoms with E-state index in [1.54, 1.807) is 29.2 Å². The summed E-state index contributed by atoms with van der Waals surface area (Å²) >= 11 is 0. The lowest BCUT2D eigenvalue weighted by Crippen LogP contribution is -2.40. The van der Waals surface area contributed by atoms with Crippen LogP contribution in [0.1, 0.15) is 90.2 Å². The number of rotatable bonds is 12. The first-order chi connectivity index (χ1) is 27.3. The summed E-state index contributed by atoms with van der Waals surface area (Å²) in [6.07, 6.45) is 11.2. The van der Waals surface area contributed by atoms with Gasteiger partial charge in [0.25, 0.3) is 0 Å². The molecule has 2 aliphatic carbocycles. The van der Waals surface area contributed by atoms with Crippen LogP contribution in [0.4, 0.5) is 13.6 Å². The van der Waals surface area contributed by atoms with Crippen LogP contribution in [-0.2, 0) is 49.5 Å². The zero-order valence-electron chi connectivity index (χ0n) is 33.4. The van der Waals surface area contributed by atoms with Crippen molar-refractivity contribution in [1.29, 1.82) is 0 Å². The molecule has 0 saturated carbocycles. The fourth-order valence-corrected chi connectivity index (χ4v) is 7.10. The lowest BCUT2D eigenvalue weighted by molar-refractivity contribution is -0.135. The molecule has 4 aromatic rings. The van der Waals surface area contributed by atoms with Gasteiger partial charge in [-0.1, -0.05) is 60.7 Å². The van der Waals surface area contributed by atoms with Crippen molar-refractivity contribution in [2.75, 3.05) is 27.3 Å². The highest BCUT2D eigenvalue weighted by molar-refractivity contribution is 5.87. The monoisotopic (exact) mass is 778 g/mol. The second-order valence-electron chi connectivity index (χ2n) is 15.2. The molecule has 0 aliphatic heterocycles. The van der Waals surface area contributed by atoms with Crippen LogP contribution in [0, 0.1) is 11.6 Å². The minimum Gasteiger partial charge on any atom is -0.466 e. The normalized spacial score (nSPS) is 15.8. The van der Waals surface area contributed by atoms with E-state index < -0.39 is 11.6 Å². The van der Waals surface area contributed by atoms with Crippen LogP contribution < -0.4 is 5.32 Å². The van der Waals surface area contributed by atoms with Gasteiger partial charge in [-0.15, -0.1) is 0 Å². The first-order valence-corrected chi connectivity index (χ1v) is 19.3. The summed E-state index contributed by atoms with van der Waals surface area (Å²) in [5.74, 6) is -1.22. The number of esters is 2. The first-order valence-electron chi connectivity index (χ1n) is 19.3. The molecule has 57 heavy (non-hydrogen) atoms. The summed E-state index contributed by atoms with van der Waals surface area (Å²) in [5.41, 5.74) is 8.30. The summed E-state index contributed by atoms with van der Waals surface area (Å²) in [6.45, 7) is 6.89. The van der Waals surface area contributed by atoms with Crippen molar-refractivity contribution in [2.24, 2.45) is 0 Å². The van der Waals surface area contributed by atoms with Gasteiger partial charge in [0.1, 0.15) is 17.2 Å². The van der Waals surface area contributed by atoms with Gasteiger partial charge in [0.2, 0.25) is 0 Å². The molecule has 0 saturated heterocycles. The lowest BCUT2D eigenvalue weighted by Gasteiger charge is -2.32. The Hall–Kier alpha value is -5.61. The van der Waals surface area contributed by atoms with E-state index in [0.717, 1.165) is 72.0 Å². The highest BCUT2D eigenvalue weighted by atomic mass is 19.1. The van der Waals surface area contributed by atoms with E-state index in [2.05, 4.69) is 26.9 Å². The third-order valence-electron chi connectivity index (χ3n) is 9.96. The molecule has 1 N–H and O–H groups in total. The maximum atomic E-state index is 13.2. The average Bonchev–Trinajstić information content (AvgIpc) is 3.80. The van der Waals surface area contributed by atoms with E-state index in [4.69, 9.17) is 4.74 Å². The Balaban J connectivity index is 0.000000224. The molecule has 300 valence electrons. The number of carbonyl (C=O) groups is 3. The molecule has 0 fully saturated rings. The smallest absolute Gasteiger partial charge is 0.410 e. The van der Waals surface area contributed by atoms with E-state index in [9.17, 15) is 23.2 Å². The van der Waals surface area contributed by atoms with Crippen molar-refractivity contribution in [3.63, 3.8) is 0 Å². The predicted octanol–water partition coefficient (Wildman–Crippen LogP) is 9.31. The predicted molar refractivity (Wildman–Crippen MR) is 218 cm³/mol. The standard InChI is InChI=1S/C26H30FNO4.C21H22FNO2/c1-26(2,3)32-25(30)28(16-15-18-5-10-21(27)11-6-18)23-13-9-20-17-19(7-12-22(20)23)8-14-24(29)31-4;1-25-21(24)11-5-16-4-9-19-17(14-16)6-10-20(19)23-13-12-15-2-7-18(22)8-3-15/h5-8,10-12,14,17,23H,9,13,15-16H2,1-4H3;2-5,7-9,11,14,20,23H,6,10,12-13H2,1H3/b14-8+;11-5+. The number of ether oxygens (including phenoxy) is 3. The molecule has 1 amide bonds. The highest BCUT2D eigenvalue weighted by Gasteiger charge is 2.33. The molecule has 2 unspecified atom stereocenters. The van der Waals surface area contributed by atoms with E-state index >= 15 is 0 Å². The molecule has 2 aliphatic rings. The van der Waals surface area contributed by atoms with Crippen LogP contribution in [-0.4, -0.2) is 55.8 Å². The van der Waals surface area contributed by atoms with Crippen LogP contribution in [0.5, 0.6) is 0 Å². The number of benzene rings is 4. The maximum absolute atomic E-state index is 13.2. The number of hydrogen-bond acceptors (Lipinski definition) is 7. The van der Waals surface area contributed by atoms with Gasteiger partial charge in [0, 0.05) is 24.7 Å². The Morgan fingerprint density at radius 2 is 1.23 bits per heavy atom. The van der Waals surface area contributed by atoms with E-state index in [1.165, 1.54) is 61.8 Å². The van der Waals surface area contributed by atoms with Gasteiger partial charge in [0.15, 0.2) is 0 Å². The molecule has 6 rings (SSSR count). The molecule has 0 radical (unpaired) electrons. The first kappa shape index (κ1) is 42.5. The number of methoxy groups -OCH3 is 2.